The van der Waals surface area contributed by atoms with Gasteiger partial charge in [-0.1, -0.05) is 22.0 Å². The van der Waals surface area contributed by atoms with Crippen LogP contribution < -0.4 is 4.74 Å². The van der Waals surface area contributed by atoms with Gasteiger partial charge in [0.25, 0.3) is 5.69 Å². The molecule has 21 heavy (non-hydrogen) atoms. The van der Waals surface area contributed by atoms with Crippen LogP contribution in [0.3, 0.4) is 0 Å². The maximum Gasteiger partial charge on any atom is 0.271 e. The first-order chi connectivity index (χ1) is 9.92. The van der Waals surface area contributed by atoms with Gasteiger partial charge in [0.05, 0.1) is 13.9 Å². The van der Waals surface area contributed by atoms with Crippen LogP contribution in [-0.2, 0) is 5.33 Å². The average Bonchev–Trinajstić information content (AvgIpc) is 2.42. The Hall–Kier alpha value is -0.920. The maximum atomic E-state index is 10.8. The molecular weight excluding hydrogens is 470 g/mol. The zero-order valence-electron chi connectivity index (χ0n) is 10.9. The van der Waals surface area contributed by atoms with Gasteiger partial charge in [-0.15, -0.1) is 0 Å². The monoisotopic (exact) mass is 477 g/mol. The van der Waals surface area contributed by atoms with Gasteiger partial charge in [-0.2, -0.15) is 0 Å². The summed E-state index contributed by atoms with van der Waals surface area (Å²) in [7, 11) is 0. The highest BCUT2D eigenvalue weighted by molar-refractivity contribution is 9.11. The molecular formula is C14H10Br3NO3. The molecule has 0 aliphatic rings. The Morgan fingerprint density at radius 2 is 1.81 bits per heavy atom. The van der Waals surface area contributed by atoms with E-state index in [1.165, 1.54) is 17.7 Å². The lowest BCUT2D eigenvalue weighted by Gasteiger charge is -2.11. The maximum absolute atomic E-state index is 10.8. The largest absolute Gasteiger partial charge is 0.455 e. The van der Waals surface area contributed by atoms with Crippen molar-refractivity contribution in [3.63, 3.8) is 0 Å². The number of rotatable bonds is 4. The summed E-state index contributed by atoms with van der Waals surface area (Å²) >= 11 is 10.0. The van der Waals surface area contributed by atoms with E-state index in [1.807, 2.05) is 25.1 Å². The number of aryl methyl sites for hydroxylation is 1. The van der Waals surface area contributed by atoms with Crippen LogP contribution in [0, 0.1) is 17.0 Å². The van der Waals surface area contributed by atoms with E-state index in [-0.39, 0.29) is 5.69 Å². The second-order valence-electron chi connectivity index (χ2n) is 4.32. The Labute approximate surface area is 147 Å². The number of ether oxygens (including phenoxy) is 1. The second kappa shape index (κ2) is 6.89. The zero-order valence-corrected chi connectivity index (χ0v) is 15.7. The molecule has 0 aromatic heterocycles. The van der Waals surface area contributed by atoms with E-state index < -0.39 is 4.92 Å². The Bertz CT molecular complexity index is 681. The third-order valence-corrected chi connectivity index (χ3v) is 4.65. The van der Waals surface area contributed by atoms with Crippen LogP contribution in [0.2, 0.25) is 0 Å². The van der Waals surface area contributed by atoms with Gasteiger partial charge in [-0.05, 0) is 62.0 Å². The topological polar surface area (TPSA) is 52.4 Å². The molecule has 0 spiro atoms. The molecule has 0 saturated heterocycles. The molecule has 110 valence electrons. The van der Waals surface area contributed by atoms with Gasteiger partial charge < -0.3 is 4.74 Å². The van der Waals surface area contributed by atoms with Crippen LogP contribution in [0.5, 0.6) is 11.5 Å². The molecule has 0 saturated carbocycles. The van der Waals surface area contributed by atoms with E-state index in [0.717, 1.165) is 10.9 Å². The van der Waals surface area contributed by atoms with E-state index in [4.69, 9.17) is 4.74 Å². The molecule has 0 unspecified atom stereocenters. The van der Waals surface area contributed by atoms with Crippen molar-refractivity contribution in [1.29, 1.82) is 0 Å². The lowest BCUT2D eigenvalue weighted by Crippen LogP contribution is -1.93. The molecule has 0 radical (unpaired) electrons. The molecule has 0 heterocycles. The van der Waals surface area contributed by atoms with Gasteiger partial charge in [-0.3, -0.25) is 10.1 Å². The first kappa shape index (κ1) is 16.5. The van der Waals surface area contributed by atoms with E-state index in [0.29, 0.717) is 20.4 Å². The van der Waals surface area contributed by atoms with Gasteiger partial charge in [0, 0.05) is 17.5 Å². The van der Waals surface area contributed by atoms with Crippen LogP contribution in [0.4, 0.5) is 5.69 Å². The van der Waals surface area contributed by atoms with E-state index in [2.05, 4.69) is 47.8 Å². The van der Waals surface area contributed by atoms with Gasteiger partial charge in [0.15, 0.2) is 5.75 Å². The summed E-state index contributed by atoms with van der Waals surface area (Å²) in [6.45, 7) is 2.00. The van der Waals surface area contributed by atoms with Gasteiger partial charge in [0.2, 0.25) is 0 Å². The van der Waals surface area contributed by atoms with Crippen molar-refractivity contribution in [2.24, 2.45) is 0 Å². The number of benzene rings is 2. The van der Waals surface area contributed by atoms with E-state index in [9.17, 15) is 10.1 Å². The van der Waals surface area contributed by atoms with Crippen molar-refractivity contribution in [3.05, 3.63) is 60.5 Å². The first-order valence-electron chi connectivity index (χ1n) is 5.89. The molecule has 0 aliphatic carbocycles. The minimum atomic E-state index is -0.450. The molecule has 4 nitrogen and oxygen atoms in total. The number of non-ortho nitro benzene ring substituents is 1. The third kappa shape index (κ3) is 3.84. The summed E-state index contributed by atoms with van der Waals surface area (Å²) in [5.41, 5.74) is 2.29. The Kier molecular flexibility index (Phi) is 5.40. The summed E-state index contributed by atoms with van der Waals surface area (Å²) in [5, 5.41) is 11.6. The number of nitro benzene ring substituents is 1. The number of nitro groups is 1. The van der Waals surface area contributed by atoms with Gasteiger partial charge in [0.1, 0.15) is 5.75 Å². The molecule has 0 amide bonds. The molecule has 2 aromatic rings. The first-order valence-corrected chi connectivity index (χ1v) is 8.60. The van der Waals surface area contributed by atoms with Crippen molar-refractivity contribution in [2.75, 3.05) is 0 Å². The highest BCUT2D eigenvalue weighted by Crippen LogP contribution is 2.40. The molecule has 2 aromatic carbocycles. The van der Waals surface area contributed by atoms with Crippen LogP contribution in [-0.4, -0.2) is 4.92 Å². The van der Waals surface area contributed by atoms with E-state index >= 15 is 0 Å². The SMILES string of the molecule is Cc1cc(Oc2c(Br)cc([N+](=O)[O-])cc2Br)ccc1CBr. The molecule has 7 heteroatoms. The predicted molar refractivity (Wildman–Crippen MR) is 92.4 cm³/mol. The predicted octanol–water partition coefficient (Wildman–Crippen LogP) is 6.12. The van der Waals surface area contributed by atoms with Crippen molar-refractivity contribution in [2.45, 2.75) is 12.3 Å². The Balaban J connectivity index is 2.35. The molecule has 0 bridgehead atoms. The molecule has 0 atom stereocenters. The number of hydrogen-bond donors (Lipinski definition) is 0. The molecule has 0 fully saturated rings. The molecule has 0 aliphatic heterocycles. The standard InChI is InChI=1S/C14H10Br3NO3/c1-8-4-11(3-2-9(8)7-15)21-14-12(16)5-10(18(19)20)6-13(14)17/h2-6H,7H2,1H3. The van der Waals surface area contributed by atoms with Crippen LogP contribution in [0.15, 0.2) is 39.3 Å². The van der Waals surface area contributed by atoms with Crippen molar-refractivity contribution < 1.29 is 9.66 Å². The van der Waals surface area contributed by atoms with Gasteiger partial charge >= 0.3 is 0 Å². The van der Waals surface area contributed by atoms with Crippen LogP contribution in [0.1, 0.15) is 11.1 Å². The minimum absolute atomic E-state index is 0.00748. The smallest absolute Gasteiger partial charge is 0.271 e. The summed E-state index contributed by atoms with van der Waals surface area (Å²) in [6, 6.07) is 8.60. The fraction of sp³-hybridized carbons (Fsp3) is 0.143. The quantitative estimate of drug-likeness (QED) is 0.302. The summed E-state index contributed by atoms with van der Waals surface area (Å²) in [4.78, 5) is 10.4. The fourth-order valence-corrected chi connectivity index (χ4v) is 3.70. The van der Waals surface area contributed by atoms with Crippen molar-refractivity contribution in [1.82, 2.24) is 0 Å². The number of alkyl halides is 1. The van der Waals surface area contributed by atoms with Crippen LogP contribution >= 0.6 is 47.8 Å². The third-order valence-electron chi connectivity index (χ3n) is 2.87. The number of halogens is 3. The van der Waals surface area contributed by atoms with Crippen LogP contribution in [0.25, 0.3) is 0 Å². The highest BCUT2D eigenvalue weighted by atomic mass is 79.9. The molecule has 0 N–H and O–H groups in total. The van der Waals surface area contributed by atoms with Crippen molar-refractivity contribution >= 4 is 53.5 Å². The lowest BCUT2D eigenvalue weighted by molar-refractivity contribution is -0.385. The molecule has 2 rings (SSSR count). The fourth-order valence-electron chi connectivity index (χ4n) is 1.75. The minimum Gasteiger partial charge on any atom is -0.455 e. The van der Waals surface area contributed by atoms with E-state index in [1.54, 1.807) is 0 Å². The normalized spacial score (nSPS) is 10.5. The summed E-state index contributed by atoms with van der Waals surface area (Å²) < 4.78 is 6.86. The number of hydrogen-bond acceptors (Lipinski definition) is 3. The lowest BCUT2D eigenvalue weighted by atomic mass is 10.1. The Morgan fingerprint density at radius 1 is 1.19 bits per heavy atom. The number of nitrogens with zero attached hydrogens (tertiary/aromatic N) is 1. The summed E-state index contributed by atoms with van der Waals surface area (Å²) in [6.07, 6.45) is 0. The second-order valence-corrected chi connectivity index (χ2v) is 6.59. The highest BCUT2D eigenvalue weighted by Gasteiger charge is 2.16. The average molecular weight is 480 g/mol. The Morgan fingerprint density at radius 3 is 2.29 bits per heavy atom. The summed E-state index contributed by atoms with van der Waals surface area (Å²) in [5.74, 6) is 1.18. The van der Waals surface area contributed by atoms with Gasteiger partial charge in [-0.25, -0.2) is 0 Å². The zero-order chi connectivity index (χ0) is 15.6. The van der Waals surface area contributed by atoms with Crippen molar-refractivity contribution in [3.8, 4) is 11.5 Å².